The number of amides is 1. The highest BCUT2D eigenvalue weighted by Crippen LogP contribution is 2.04. The lowest BCUT2D eigenvalue weighted by atomic mass is 10.3. The third-order valence-corrected chi connectivity index (χ3v) is 2.34. The Balaban J connectivity index is 1.94. The van der Waals surface area contributed by atoms with E-state index >= 15 is 0 Å². The van der Waals surface area contributed by atoms with Gasteiger partial charge >= 0.3 is 0 Å². The zero-order valence-corrected chi connectivity index (χ0v) is 10.0. The van der Waals surface area contributed by atoms with Crippen LogP contribution in [0.4, 0.5) is 0 Å². The number of aromatic nitrogens is 3. The molecule has 0 bridgehead atoms. The first-order chi connectivity index (χ1) is 8.79. The van der Waals surface area contributed by atoms with Crippen molar-refractivity contribution in [2.45, 2.75) is 6.54 Å². The van der Waals surface area contributed by atoms with Crippen molar-refractivity contribution in [3.63, 3.8) is 0 Å². The first-order valence-corrected chi connectivity index (χ1v) is 5.48. The highest BCUT2D eigenvalue weighted by Gasteiger charge is 2.01. The third kappa shape index (κ3) is 3.14. The lowest BCUT2D eigenvalue weighted by molar-refractivity contribution is -0.124. The van der Waals surface area contributed by atoms with Crippen LogP contribution >= 0.6 is 0 Å². The van der Waals surface area contributed by atoms with Gasteiger partial charge < -0.3 is 10.1 Å². The molecule has 2 aromatic rings. The topological polar surface area (TPSA) is 69.0 Å². The van der Waals surface area contributed by atoms with E-state index in [9.17, 15) is 4.79 Å². The van der Waals surface area contributed by atoms with E-state index < -0.39 is 0 Å². The van der Waals surface area contributed by atoms with Crippen LogP contribution in [-0.4, -0.2) is 34.2 Å². The number of methoxy groups -OCH3 is 1. The quantitative estimate of drug-likeness (QED) is 0.835. The van der Waals surface area contributed by atoms with Gasteiger partial charge in [0.15, 0.2) is 0 Å². The van der Waals surface area contributed by atoms with E-state index in [0.717, 1.165) is 11.4 Å². The second-order valence-corrected chi connectivity index (χ2v) is 3.70. The average molecular weight is 246 g/mol. The molecule has 0 aliphatic carbocycles. The number of imidazole rings is 1. The van der Waals surface area contributed by atoms with Gasteiger partial charge in [-0.25, -0.2) is 9.97 Å². The molecule has 0 fully saturated rings. The summed E-state index contributed by atoms with van der Waals surface area (Å²) in [4.78, 5) is 19.4. The second-order valence-electron chi connectivity index (χ2n) is 3.70. The minimum atomic E-state index is -0.142. The summed E-state index contributed by atoms with van der Waals surface area (Å²) in [5.74, 6) is 0.649. The SMILES string of the molecule is COCC(=O)NCc1ccc(-n2ccnc2)nc1. The van der Waals surface area contributed by atoms with Crippen LogP contribution in [0.25, 0.3) is 5.82 Å². The Morgan fingerprint density at radius 1 is 1.50 bits per heavy atom. The van der Waals surface area contributed by atoms with E-state index in [0.29, 0.717) is 6.54 Å². The van der Waals surface area contributed by atoms with E-state index in [1.807, 2.05) is 22.9 Å². The Morgan fingerprint density at radius 3 is 3.00 bits per heavy atom. The zero-order valence-electron chi connectivity index (χ0n) is 10.0. The molecule has 94 valence electrons. The van der Waals surface area contributed by atoms with E-state index in [1.54, 1.807) is 18.7 Å². The molecule has 2 rings (SSSR count). The van der Waals surface area contributed by atoms with Crippen LogP contribution in [0.1, 0.15) is 5.56 Å². The average Bonchev–Trinajstić information content (AvgIpc) is 2.91. The van der Waals surface area contributed by atoms with Crippen LogP contribution in [-0.2, 0) is 16.1 Å². The molecule has 0 saturated heterocycles. The highest BCUT2D eigenvalue weighted by atomic mass is 16.5. The number of rotatable bonds is 5. The predicted molar refractivity (Wildman–Crippen MR) is 65.1 cm³/mol. The van der Waals surface area contributed by atoms with E-state index in [2.05, 4.69) is 15.3 Å². The Morgan fingerprint density at radius 2 is 2.39 bits per heavy atom. The number of pyridine rings is 1. The van der Waals surface area contributed by atoms with E-state index in [1.165, 1.54) is 7.11 Å². The maximum absolute atomic E-state index is 11.2. The summed E-state index contributed by atoms with van der Waals surface area (Å²) >= 11 is 0. The van der Waals surface area contributed by atoms with Gasteiger partial charge in [-0.2, -0.15) is 0 Å². The molecule has 2 heterocycles. The Bertz CT molecular complexity index is 493. The van der Waals surface area contributed by atoms with Gasteiger partial charge in [-0.3, -0.25) is 9.36 Å². The van der Waals surface area contributed by atoms with Gasteiger partial charge in [0, 0.05) is 32.2 Å². The summed E-state index contributed by atoms with van der Waals surface area (Å²) in [6.45, 7) is 0.514. The first-order valence-electron chi connectivity index (χ1n) is 5.48. The van der Waals surface area contributed by atoms with Gasteiger partial charge in [-0.05, 0) is 11.6 Å². The van der Waals surface area contributed by atoms with Crippen LogP contribution in [0.3, 0.4) is 0 Å². The molecule has 18 heavy (non-hydrogen) atoms. The Kier molecular flexibility index (Phi) is 4.03. The molecule has 0 spiro atoms. The number of nitrogens with zero attached hydrogens (tertiary/aromatic N) is 3. The number of carbonyl (C=O) groups excluding carboxylic acids is 1. The minimum absolute atomic E-state index is 0.0700. The van der Waals surface area contributed by atoms with Gasteiger partial charge in [0.25, 0.3) is 0 Å². The number of hydrogen-bond donors (Lipinski definition) is 1. The van der Waals surface area contributed by atoms with Gasteiger partial charge in [-0.1, -0.05) is 6.07 Å². The van der Waals surface area contributed by atoms with Crippen LogP contribution in [0.5, 0.6) is 0 Å². The summed E-state index contributed by atoms with van der Waals surface area (Å²) in [5.41, 5.74) is 0.934. The minimum Gasteiger partial charge on any atom is -0.375 e. The van der Waals surface area contributed by atoms with Crippen molar-refractivity contribution in [1.82, 2.24) is 19.9 Å². The fraction of sp³-hybridized carbons (Fsp3) is 0.250. The second kappa shape index (κ2) is 5.92. The van der Waals surface area contributed by atoms with Gasteiger partial charge in [0.1, 0.15) is 18.8 Å². The summed E-state index contributed by atoms with van der Waals surface area (Å²) in [6, 6.07) is 3.79. The molecule has 1 amide bonds. The van der Waals surface area contributed by atoms with Crippen molar-refractivity contribution in [1.29, 1.82) is 0 Å². The molecule has 0 atom stereocenters. The highest BCUT2D eigenvalue weighted by molar-refractivity contribution is 5.77. The fourth-order valence-electron chi connectivity index (χ4n) is 1.45. The maximum Gasteiger partial charge on any atom is 0.246 e. The number of nitrogens with one attached hydrogen (secondary N) is 1. The zero-order chi connectivity index (χ0) is 12.8. The molecule has 2 aromatic heterocycles. The molecular weight excluding hydrogens is 232 g/mol. The van der Waals surface area contributed by atoms with Crippen molar-refractivity contribution in [2.24, 2.45) is 0 Å². The largest absolute Gasteiger partial charge is 0.375 e. The van der Waals surface area contributed by atoms with E-state index in [-0.39, 0.29) is 12.5 Å². The van der Waals surface area contributed by atoms with Crippen molar-refractivity contribution in [2.75, 3.05) is 13.7 Å². The maximum atomic E-state index is 11.2. The first kappa shape index (κ1) is 12.3. The van der Waals surface area contributed by atoms with Crippen LogP contribution < -0.4 is 5.32 Å². The van der Waals surface area contributed by atoms with Crippen molar-refractivity contribution >= 4 is 5.91 Å². The lowest BCUT2D eigenvalue weighted by Gasteiger charge is -2.05. The summed E-state index contributed by atoms with van der Waals surface area (Å²) < 4.78 is 6.53. The molecule has 0 unspecified atom stereocenters. The van der Waals surface area contributed by atoms with Crippen LogP contribution in [0, 0.1) is 0 Å². The Labute approximate surface area is 105 Å². The fourth-order valence-corrected chi connectivity index (χ4v) is 1.45. The monoisotopic (exact) mass is 246 g/mol. The van der Waals surface area contributed by atoms with Gasteiger partial charge in [0.05, 0.1) is 0 Å². The molecule has 0 radical (unpaired) electrons. The van der Waals surface area contributed by atoms with Crippen LogP contribution in [0.15, 0.2) is 37.1 Å². The van der Waals surface area contributed by atoms with Gasteiger partial charge in [-0.15, -0.1) is 0 Å². The van der Waals surface area contributed by atoms with Crippen LogP contribution in [0.2, 0.25) is 0 Å². The Hall–Kier alpha value is -2.21. The molecule has 0 saturated carbocycles. The molecule has 0 aliphatic rings. The summed E-state index contributed by atoms with van der Waals surface area (Å²) in [5, 5.41) is 2.73. The third-order valence-electron chi connectivity index (χ3n) is 2.34. The van der Waals surface area contributed by atoms with Crippen molar-refractivity contribution in [3.05, 3.63) is 42.6 Å². The predicted octanol–water partition coefficient (Wildman–Crippen LogP) is 0.530. The number of hydrogen-bond acceptors (Lipinski definition) is 4. The summed E-state index contributed by atoms with van der Waals surface area (Å²) in [6.07, 6.45) is 6.92. The lowest BCUT2D eigenvalue weighted by Crippen LogP contribution is -2.26. The molecule has 1 N–H and O–H groups in total. The number of ether oxygens (including phenoxy) is 1. The molecule has 0 aromatic carbocycles. The standard InChI is InChI=1S/C12H14N4O2/c1-18-8-12(17)15-7-10-2-3-11(14-6-10)16-5-4-13-9-16/h2-6,9H,7-8H2,1H3,(H,15,17). The normalized spacial score (nSPS) is 10.3. The summed E-state index contributed by atoms with van der Waals surface area (Å²) in [7, 11) is 1.49. The molecule has 0 aliphatic heterocycles. The van der Waals surface area contributed by atoms with Gasteiger partial charge in [0.2, 0.25) is 5.91 Å². The molecule has 6 nitrogen and oxygen atoms in total. The van der Waals surface area contributed by atoms with Crippen molar-refractivity contribution < 1.29 is 9.53 Å². The van der Waals surface area contributed by atoms with E-state index in [4.69, 9.17) is 4.74 Å². The molecule has 6 heteroatoms. The smallest absolute Gasteiger partial charge is 0.246 e. The van der Waals surface area contributed by atoms with Crippen molar-refractivity contribution in [3.8, 4) is 5.82 Å². The molecular formula is C12H14N4O2. The number of carbonyl (C=O) groups is 1.